The van der Waals surface area contributed by atoms with Crippen molar-refractivity contribution >= 4 is 11.9 Å². The van der Waals surface area contributed by atoms with Crippen molar-refractivity contribution in [3.05, 3.63) is 0 Å². The van der Waals surface area contributed by atoms with Crippen molar-refractivity contribution in [2.24, 2.45) is 0 Å². The maximum absolute atomic E-state index is 11.9. The van der Waals surface area contributed by atoms with E-state index in [1.807, 2.05) is 0 Å². The molecule has 0 aliphatic heterocycles. The largest absolute Gasteiger partial charge is 0.481 e. The standard InChI is InChI=1S/C50H98O4/c1-2-3-4-5-6-7-8-9-10-11-12-13-14-15-16-17-18-19-20-21-22-23-24-25-26-27-28-29-30-31-32-33-34-35-36-39-42-45-48-54-50(53)47-44-41-38-37-40-43-46-49(51)52/h2-48H2,1H3,(H,51,52). The van der Waals surface area contributed by atoms with E-state index in [9.17, 15) is 9.59 Å². The Hall–Kier alpha value is -1.06. The Morgan fingerprint density at radius 1 is 0.296 bits per heavy atom. The fourth-order valence-corrected chi connectivity index (χ4v) is 8.05. The molecule has 0 aliphatic carbocycles. The Kier molecular flexibility index (Phi) is 47.1. The predicted octanol–water partition coefficient (Wildman–Crippen LogP) is 17.6. The van der Waals surface area contributed by atoms with Gasteiger partial charge in [0, 0.05) is 12.8 Å². The number of esters is 1. The van der Waals surface area contributed by atoms with E-state index >= 15 is 0 Å². The molecule has 0 aromatic heterocycles. The summed E-state index contributed by atoms with van der Waals surface area (Å²) in [5, 5.41) is 8.64. The van der Waals surface area contributed by atoms with Gasteiger partial charge in [-0.1, -0.05) is 270 Å². The lowest BCUT2D eigenvalue weighted by Crippen LogP contribution is -2.05. The molecular weight excluding hydrogens is 665 g/mol. The minimum Gasteiger partial charge on any atom is -0.481 e. The molecule has 0 aliphatic rings. The molecule has 1 N–H and O–H groups in total. The number of unbranched alkanes of at least 4 members (excludes halogenated alkanes) is 42. The van der Waals surface area contributed by atoms with Crippen LogP contribution in [0.4, 0.5) is 0 Å². The number of ether oxygens (including phenoxy) is 1. The van der Waals surface area contributed by atoms with Gasteiger partial charge in [-0.25, -0.2) is 0 Å². The highest BCUT2D eigenvalue weighted by atomic mass is 16.5. The van der Waals surface area contributed by atoms with Crippen LogP contribution in [0.1, 0.15) is 302 Å². The van der Waals surface area contributed by atoms with E-state index in [0.717, 1.165) is 44.9 Å². The van der Waals surface area contributed by atoms with Crippen LogP contribution in [0.15, 0.2) is 0 Å². The van der Waals surface area contributed by atoms with Gasteiger partial charge in [-0.3, -0.25) is 9.59 Å². The SMILES string of the molecule is CCCCCCCCCCCCCCCCCCCCCCCCCCCCCCCCCCCCCCCCOC(=O)CCCCCCCCC(=O)O. The van der Waals surface area contributed by atoms with Crippen molar-refractivity contribution in [2.45, 2.75) is 302 Å². The summed E-state index contributed by atoms with van der Waals surface area (Å²) < 4.78 is 5.38. The van der Waals surface area contributed by atoms with Crippen molar-refractivity contribution < 1.29 is 19.4 Å². The lowest BCUT2D eigenvalue weighted by atomic mass is 10.0. The molecule has 0 atom stereocenters. The Bertz CT molecular complexity index is 721. The molecule has 0 radical (unpaired) electrons. The summed E-state index contributed by atoms with van der Waals surface area (Å²) in [6.45, 7) is 2.88. The van der Waals surface area contributed by atoms with Gasteiger partial charge in [0.15, 0.2) is 0 Å². The first kappa shape index (κ1) is 52.9. The topological polar surface area (TPSA) is 63.6 Å². The number of aliphatic carboxylic acids is 1. The minimum atomic E-state index is -0.708. The number of hydrogen-bond acceptors (Lipinski definition) is 3. The van der Waals surface area contributed by atoms with Crippen LogP contribution in [0.5, 0.6) is 0 Å². The van der Waals surface area contributed by atoms with Crippen LogP contribution in [0, 0.1) is 0 Å². The van der Waals surface area contributed by atoms with Gasteiger partial charge < -0.3 is 9.84 Å². The third-order valence-corrected chi connectivity index (χ3v) is 11.8. The fourth-order valence-electron chi connectivity index (χ4n) is 8.05. The van der Waals surface area contributed by atoms with E-state index in [0.29, 0.717) is 13.0 Å². The Labute approximate surface area is 339 Å². The van der Waals surface area contributed by atoms with Crippen LogP contribution in [-0.2, 0) is 14.3 Å². The van der Waals surface area contributed by atoms with E-state index in [-0.39, 0.29) is 12.4 Å². The Balaban J connectivity index is 3.11. The fraction of sp³-hybridized carbons (Fsp3) is 0.960. The average molecular weight is 763 g/mol. The molecule has 4 heteroatoms. The zero-order valence-corrected chi connectivity index (χ0v) is 36.9. The summed E-state index contributed by atoms with van der Waals surface area (Å²) in [6.07, 6.45) is 60.8. The second-order valence-corrected chi connectivity index (χ2v) is 17.3. The van der Waals surface area contributed by atoms with Gasteiger partial charge in [0.05, 0.1) is 6.61 Å². The summed E-state index contributed by atoms with van der Waals surface area (Å²) in [6, 6.07) is 0. The zero-order chi connectivity index (χ0) is 39.1. The smallest absolute Gasteiger partial charge is 0.305 e. The zero-order valence-electron chi connectivity index (χ0n) is 36.9. The van der Waals surface area contributed by atoms with Gasteiger partial charge in [0.25, 0.3) is 0 Å². The second kappa shape index (κ2) is 48.1. The molecule has 0 saturated heterocycles. The Morgan fingerprint density at radius 2 is 0.500 bits per heavy atom. The lowest BCUT2D eigenvalue weighted by Gasteiger charge is -2.06. The maximum atomic E-state index is 11.9. The normalized spacial score (nSPS) is 11.4. The molecule has 4 nitrogen and oxygen atoms in total. The number of carboxylic acid groups (broad SMARTS) is 1. The van der Waals surface area contributed by atoms with E-state index in [1.165, 1.54) is 238 Å². The maximum Gasteiger partial charge on any atom is 0.305 e. The summed E-state index contributed by atoms with van der Waals surface area (Å²) >= 11 is 0. The molecule has 0 aromatic rings. The number of rotatable bonds is 48. The van der Waals surface area contributed by atoms with Gasteiger partial charge in [0.2, 0.25) is 0 Å². The van der Waals surface area contributed by atoms with Crippen LogP contribution in [-0.4, -0.2) is 23.7 Å². The molecule has 322 valence electrons. The summed E-state index contributed by atoms with van der Waals surface area (Å²) in [7, 11) is 0. The average Bonchev–Trinajstić information content (AvgIpc) is 3.16. The molecular formula is C50H98O4. The first-order valence-electron chi connectivity index (χ1n) is 25.0. The highest BCUT2D eigenvalue weighted by Crippen LogP contribution is 2.18. The number of carboxylic acids is 1. The molecule has 0 unspecified atom stereocenters. The number of carbonyl (C=O) groups excluding carboxylic acids is 1. The van der Waals surface area contributed by atoms with E-state index in [1.54, 1.807) is 0 Å². The van der Waals surface area contributed by atoms with Gasteiger partial charge in [-0.15, -0.1) is 0 Å². The quantitative estimate of drug-likeness (QED) is 0.0495. The van der Waals surface area contributed by atoms with Crippen LogP contribution in [0.2, 0.25) is 0 Å². The van der Waals surface area contributed by atoms with Gasteiger partial charge in [0.1, 0.15) is 0 Å². The van der Waals surface area contributed by atoms with Crippen molar-refractivity contribution in [3.8, 4) is 0 Å². The molecule has 0 bridgehead atoms. The van der Waals surface area contributed by atoms with Gasteiger partial charge in [-0.05, 0) is 19.3 Å². The third kappa shape index (κ3) is 49.0. The van der Waals surface area contributed by atoms with E-state index < -0.39 is 5.97 Å². The number of hydrogen-bond donors (Lipinski definition) is 1. The minimum absolute atomic E-state index is 0.0533. The lowest BCUT2D eigenvalue weighted by molar-refractivity contribution is -0.144. The van der Waals surface area contributed by atoms with Crippen LogP contribution in [0.3, 0.4) is 0 Å². The predicted molar refractivity (Wildman–Crippen MR) is 237 cm³/mol. The molecule has 0 heterocycles. The van der Waals surface area contributed by atoms with E-state index in [2.05, 4.69) is 6.92 Å². The monoisotopic (exact) mass is 763 g/mol. The third-order valence-electron chi connectivity index (χ3n) is 11.8. The summed E-state index contributed by atoms with van der Waals surface area (Å²) in [5.74, 6) is -0.762. The van der Waals surface area contributed by atoms with Crippen LogP contribution < -0.4 is 0 Å². The molecule has 0 rings (SSSR count). The van der Waals surface area contributed by atoms with Gasteiger partial charge in [-0.2, -0.15) is 0 Å². The van der Waals surface area contributed by atoms with Crippen molar-refractivity contribution in [1.29, 1.82) is 0 Å². The van der Waals surface area contributed by atoms with Crippen molar-refractivity contribution in [2.75, 3.05) is 6.61 Å². The first-order chi connectivity index (χ1) is 26.7. The van der Waals surface area contributed by atoms with Crippen molar-refractivity contribution in [3.63, 3.8) is 0 Å². The van der Waals surface area contributed by atoms with Crippen LogP contribution >= 0.6 is 0 Å². The molecule has 0 spiro atoms. The first-order valence-corrected chi connectivity index (χ1v) is 25.0. The summed E-state index contributed by atoms with van der Waals surface area (Å²) in [4.78, 5) is 22.4. The highest BCUT2D eigenvalue weighted by molar-refractivity contribution is 5.69. The number of carbonyl (C=O) groups is 2. The molecule has 0 amide bonds. The molecule has 54 heavy (non-hydrogen) atoms. The van der Waals surface area contributed by atoms with E-state index in [4.69, 9.17) is 9.84 Å². The molecule has 0 saturated carbocycles. The molecule has 0 aromatic carbocycles. The van der Waals surface area contributed by atoms with Crippen molar-refractivity contribution in [1.82, 2.24) is 0 Å². The Morgan fingerprint density at radius 3 is 0.741 bits per heavy atom. The summed E-state index contributed by atoms with van der Waals surface area (Å²) in [5.41, 5.74) is 0. The van der Waals surface area contributed by atoms with Crippen LogP contribution in [0.25, 0.3) is 0 Å². The molecule has 0 fully saturated rings. The van der Waals surface area contributed by atoms with Gasteiger partial charge >= 0.3 is 11.9 Å². The highest BCUT2D eigenvalue weighted by Gasteiger charge is 2.03. The second-order valence-electron chi connectivity index (χ2n) is 17.3.